The molecule has 0 saturated carbocycles. The van der Waals surface area contributed by atoms with Gasteiger partial charge in [-0.2, -0.15) is 0 Å². The number of thiophene rings is 3. The number of nitrogens with zero attached hydrogens (tertiary/aromatic N) is 5. The molecule has 74 heavy (non-hydrogen) atoms. The van der Waals surface area contributed by atoms with Gasteiger partial charge in [0.2, 0.25) is 0 Å². The Morgan fingerprint density at radius 2 is 1.03 bits per heavy atom. The molecular weight excluding hydrogens is 1040 g/mol. The largest absolute Gasteiger partial charge is 1.00 e. The fraction of sp³-hybridized carbons (Fsp3) is 0.400. The zero-order valence-electron chi connectivity index (χ0n) is 43.5. The van der Waals surface area contributed by atoms with E-state index in [1.807, 2.05) is 92.5 Å². The molecule has 0 fully saturated rings. The third-order valence-corrected chi connectivity index (χ3v) is 16.2. The number of hydrogen-bond donors (Lipinski definition) is 6. The molecule has 3 aliphatic rings. The van der Waals surface area contributed by atoms with Gasteiger partial charge in [-0.25, -0.2) is 19.9 Å². The zero-order chi connectivity index (χ0) is 54.1. The number of carbonyl (C=O) groups excluding carboxylic acids is 5. The van der Waals surface area contributed by atoms with Gasteiger partial charge >= 0.3 is 69.3 Å². The summed E-state index contributed by atoms with van der Waals surface area (Å²) in [6.07, 6.45) is 7.97. The van der Waals surface area contributed by atoms with Crippen molar-refractivity contribution in [3.05, 3.63) is 140 Å². The Morgan fingerprint density at radius 3 is 1.38 bits per heavy atom. The van der Waals surface area contributed by atoms with Gasteiger partial charge in [0, 0.05) is 101 Å². The summed E-state index contributed by atoms with van der Waals surface area (Å²) in [4.78, 5) is 80.1. The fourth-order valence-electron chi connectivity index (χ4n) is 8.27. The fourth-order valence-corrected chi connectivity index (χ4v) is 11.9. The van der Waals surface area contributed by atoms with Crippen molar-refractivity contribution in [1.82, 2.24) is 34.3 Å². The second-order valence-corrected chi connectivity index (χ2v) is 19.8. The number of aryl methyl sites for hydroxylation is 3. The van der Waals surface area contributed by atoms with E-state index in [4.69, 9.17) is 30.1 Å². The average molecular weight is 1110 g/mol. The molecule has 0 bridgehead atoms. The van der Waals surface area contributed by atoms with Gasteiger partial charge in [0.1, 0.15) is 26.8 Å². The van der Waals surface area contributed by atoms with E-state index >= 15 is 0 Å². The molecule has 0 aromatic carbocycles. The van der Waals surface area contributed by atoms with Gasteiger partial charge in [0.25, 0.3) is 17.7 Å². The minimum Gasteiger partial charge on any atom is -0.790 e. The van der Waals surface area contributed by atoms with Crippen LogP contribution in [-0.2, 0) is 69.5 Å². The zero-order valence-corrected chi connectivity index (χ0v) is 49.1. The summed E-state index contributed by atoms with van der Waals surface area (Å²) in [5.74, 6) is 1.47. The summed E-state index contributed by atoms with van der Waals surface area (Å²) in [5.41, 5.74) is 9.66. The van der Waals surface area contributed by atoms with Crippen LogP contribution in [0.2, 0.25) is 0 Å². The minimum atomic E-state index is -0.887. The van der Waals surface area contributed by atoms with Gasteiger partial charge < -0.3 is 59.6 Å². The van der Waals surface area contributed by atoms with Gasteiger partial charge in [0.15, 0.2) is 0 Å². The molecule has 9 rings (SSSR count). The first-order chi connectivity index (χ1) is 35.0. The number of aromatic carboxylic acids is 1. The van der Waals surface area contributed by atoms with Gasteiger partial charge in [-0.05, 0) is 124 Å². The van der Waals surface area contributed by atoms with E-state index in [9.17, 15) is 28.8 Å². The molecule has 20 nitrogen and oxygen atoms in total. The summed E-state index contributed by atoms with van der Waals surface area (Å²) in [5, 5.41) is 35.3. The van der Waals surface area contributed by atoms with E-state index < -0.39 is 11.9 Å². The van der Waals surface area contributed by atoms with Crippen LogP contribution in [0.3, 0.4) is 0 Å². The number of fused-ring (bicyclic) bond motifs is 3. The maximum Gasteiger partial charge on any atom is 1.00 e. The van der Waals surface area contributed by atoms with Crippen LogP contribution in [0.1, 0.15) is 122 Å². The van der Waals surface area contributed by atoms with Crippen LogP contribution in [0, 0.1) is 26.0 Å². The third-order valence-electron chi connectivity index (χ3n) is 12.1. The van der Waals surface area contributed by atoms with Crippen molar-refractivity contribution in [3.63, 3.8) is 0 Å². The summed E-state index contributed by atoms with van der Waals surface area (Å²) >= 11 is 4.50. The van der Waals surface area contributed by atoms with E-state index in [1.54, 1.807) is 58.6 Å². The van der Waals surface area contributed by atoms with Gasteiger partial charge in [0.05, 0.1) is 18.1 Å². The van der Waals surface area contributed by atoms with Crippen molar-refractivity contribution >= 4 is 69.6 Å². The van der Waals surface area contributed by atoms with Crippen LogP contribution < -0.4 is 68.1 Å². The number of rotatable bonds is 8. The van der Waals surface area contributed by atoms with Crippen LogP contribution >= 0.6 is 34.0 Å². The van der Waals surface area contributed by atoms with Crippen LogP contribution in [0.4, 0.5) is 0 Å². The quantitative estimate of drug-likeness (QED) is 0.0554. The van der Waals surface area contributed by atoms with Gasteiger partial charge in [-0.1, -0.05) is 0 Å². The average Bonchev–Trinajstić information content (AvgIpc) is 4.29. The molecule has 7 N–H and O–H groups in total. The molecule has 0 aliphatic carbocycles. The Hall–Kier alpha value is -4.80. The predicted molar refractivity (Wildman–Crippen MR) is 280 cm³/mol. The molecule has 0 saturated heterocycles. The number of aliphatic hydroxyl groups is 1. The smallest absolute Gasteiger partial charge is 0.790 e. The van der Waals surface area contributed by atoms with E-state index in [2.05, 4.69) is 11.2 Å². The van der Waals surface area contributed by atoms with Crippen molar-refractivity contribution in [3.8, 4) is 0 Å². The molecule has 6 aromatic heterocycles. The molecule has 0 atom stereocenters. The Bertz CT molecular complexity index is 2860. The number of amides is 3. The van der Waals surface area contributed by atoms with Gasteiger partial charge in [-0.15, -0.1) is 34.0 Å². The van der Waals surface area contributed by atoms with Crippen LogP contribution in [0.25, 0.3) is 0 Å². The summed E-state index contributed by atoms with van der Waals surface area (Å²) < 4.78 is 15.4. The molecule has 3 aliphatic heterocycles. The third kappa shape index (κ3) is 15.4. The van der Waals surface area contributed by atoms with E-state index in [-0.39, 0.29) is 75.1 Å². The number of aliphatic hydroxyl groups excluding tert-OH is 1. The number of hydrogen-bond acceptors (Lipinski definition) is 16. The molecule has 24 heteroatoms. The first-order valence-corrected chi connectivity index (χ1v) is 25.6. The number of nitrogens with two attached hydrogens (primary N) is 1. The number of nitrogens with one attached hydrogen (secondary N) is 2. The summed E-state index contributed by atoms with van der Waals surface area (Å²) in [6, 6.07) is 10.6. The van der Waals surface area contributed by atoms with Crippen molar-refractivity contribution in [1.29, 1.82) is 0 Å². The number of carboxylic acids is 1. The normalized spacial score (nSPS) is 12.7. The number of carbonyl (C=O) groups is 6. The van der Waals surface area contributed by atoms with E-state index in [0.717, 1.165) is 77.0 Å². The van der Waals surface area contributed by atoms with Crippen molar-refractivity contribution in [2.75, 3.05) is 40.0 Å². The first-order valence-electron chi connectivity index (χ1n) is 23.2. The van der Waals surface area contributed by atoms with E-state index in [0.29, 0.717) is 66.2 Å². The van der Waals surface area contributed by atoms with E-state index in [1.165, 1.54) is 38.0 Å². The second kappa shape index (κ2) is 30.7. The SMILES string of the molecule is CCOC(=O)c1sc2c(c1C)CN(C(=O)c1cccn1C)CC2.CCOC(=O)c1sc2c(c1C)CNCC2.CO.Cc1c(C(=O)NO)sc2c1CN(C(=O)c1cccn1C)CC2.Cn1cccc1C(=O)O.N[O-].[K+]. The summed E-state index contributed by atoms with van der Waals surface area (Å²) in [7, 11) is 6.42. The first kappa shape index (κ1) is 63.5. The minimum absolute atomic E-state index is 0. The monoisotopic (exact) mass is 1100 g/mol. The number of hydroxylamine groups is 1. The summed E-state index contributed by atoms with van der Waals surface area (Å²) in [6.45, 7) is 14.5. The topological polar surface area (TPSA) is 276 Å². The maximum absolute atomic E-state index is 12.7. The van der Waals surface area contributed by atoms with Crippen molar-refractivity contribution in [2.24, 2.45) is 27.0 Å². The molecule has 9 heterocycles. The molecule has 396 valence electrons. The number of esters is 2. The second-order valence-electron chi connectivity index (χ2n) is 16.5. The van der Waals surface area contributed by atoms with Gasteiger partial charge in [-0.3, -0.25) is 19.6 Å². The molecule has 0 unspecified atom stereocenters. The Morgan fingerprint density at radius 1 is 0.649 bits per heavy atom. The number of aromatic nitrogens is 3. The predicted octanol–water partition coefficient (Wildman–Crippen LogP) is 3.14. The van der Waals surface area contributed by atoms with Crippen molar-refractivity contribution in [2.45, 2.75) is 73.5 Å². The Balaban J connectivity index is 0.000000264. The molecule has 0 spiro atoms. The number of carboxylic acid groups (broad SMARTS) is 1. The molecule has 3 amide bonds. The number of ether oxygens (including phenoxy) is 2. The van der Waals surface area contributed by atoms with Crippen LogP contribution in [-0.4, -0.2) is 115 Å². The Labute approximate surface area is 485 Å². The van der Waals surface area contributed by atoms with Crippen LogP contribution in [0.5, 0.6) is 0 Å². The molecule has 6 aromatic rings. The Kier molecular flexibility index (Phi) is 26.3. The standard InChI is InChI=1S/C17H20N2O3S.C15H17N3O3S.C11H15NO2S.C6H7NO2.CH4O.K.H2NO/c1-4-22-17(21)15-11(2)12-10-19(9-7-14(12)23-15)16(20)13-6-5-8-18(13)3;1-9-10-8-18(15(20)11-4-3-6-17(11)2)7-5-12(10)22-13(9)14(19)16-21;1-3-14-11(13)10-7(2)8-6-12-5-4-9(8)15-10;1-7-4-2-3-5(7)6(8)9;1-2;;1-2/h5-6,8H,4,7,9-10H2,1-3H3;3-4,6,21H,5,7-8H2,1-2H3,(H,16,19);12H,3-6H2,1-2H3;2-4H,1H3,(H,8,9);2H,1H3;;1H2/q;;;;;+1;-1. The van der Waals surface area contributed by atoms with Crippen molar-refractivity contribution < 1.29 is 105 Å². The molecule has 0 radical (unpaired) electrons. The maximum atomic E-state index is 12.7. The van der Waals surface area contributed by atoms with Crippen LogP contribution in [0.15, 0.2) is 55.0 Å². The molecular formula is C50H65KN8O12S3.